The standard InChI is InChI=1S/C11H13NO/c1-12(2)11-9-6-4-3-5-8(9)7-10(11)13/h3-7,11,13H,1-2H3/t11-/m0/s1. The van der Waals surface area contributed by atoms with E-state index in [4.69, 9.17) is 0 Å². The summed E-state index contributed by atoms with van der Waals surface area (Å²) in [5.41, 5.74) is 2.31. The minimum Gasteiger partial charge on any atom is -0.510 e. The summed E-state index contributed by atoms with van der Waals surface area (Å²) in [7, 11) is 3.94. The van der Waals surface area contributed by atoms with E-state index in [9.17, 15) is 5.11 Å². The highest BCUT2D eigenvalue weighted by atomic mass is 16.3. The SMILES string of the molecule is CN(C)[C@@H]1C(O)=Cc2ccccc21. The predicted octanol–water partition coefficient (Wildman–Crippen LogP) is 2.20. The molecule has 0 heterocycles. The first-order valence-electron chi connectivity index (χ1n) is 4.36. The van der Waals surface area contributed by atoms with E-state index in [1.54, 1.807) is 0 Å². The van der Waals surface area contributed by atoms with Gasteiger partial charge in [0.15, 0.2) is 0 Å². The normalized spacial score (nSPS) is 20.2. The van der Waals surface area contributed by atoms with Crippen LogP contribution in [-0.2, 0) is 0 Å². The van der Waals surface area contributed by atoms with Crippen LogP contribution in [0.4, 0.5) is 0 Å². The summed E-state index contributed by atoms with van der Waals surface area (Å²) in [5.74, 6) is 0.436. The monoisotopic (exact) mass is 175 g/mol. The van der Waals surface area contributed by atoms with Crippen molar-refractivity contribution in [2.24, 2.45) is 0 Å². The Morgan fingerprint density at radius 1 is 1.23 bits per heavy atom. The fourth-order valence-corrected chi connectivity index (χ4v) is 1.83. The average Bonchev–Trinajstić information content (AvgIpc) is 2.39. The van der Waals surface area contributed by atoms with Crippen LogP contribution in [0.3, 0.4) is 0 Å². The Hall–Kier alpha value is -1.28. The van der Waals surface area contributed by atoms with Crippen LogP contribution in [0.5, 0.6) is 0 Å². The van der Waals surface area contributed by atoms with Crippen molar-refractivity contribution in [3.05, 3.63) is 41.2 Å². The summed E-state index contributed by atoms with van der Waals surface area (Å²) in [5, 5.41) is 9.70. The van der Waals surface area contributed by atoms with Crippen LogP contribution in [0.1, 0.15) is 17.2 Å². The van der Waals surface area contributed by atoms with Gasteiger partial charge in [-0.15, -0.1) is 0 Å². The fourth-order valence-electron chi connectivity index (χ4n) is 1.83. The largest absolute Gasteiger partial charge is 0.510 e. The topological polar surface area (TPSA) is 23.5 Å². The molecular formula is C11H13NO. The number of aliphatic hydroxyl groups excluding tert-OH is 1. The molecule has 1 aliphatic carbocycles. The molecule has 0 spiro atoms. The molecule has 0 bridgehead atoms. The number of benzene rings is 1. The molecule has 0 saturated carbocycles. The van der Waals surface area contributed by atoms with Crippen LogP contribution in [-0.4, -0.2) is 24.1 Å². The highest BCUT2D eigenvalue weighted by Crippen LogP contribution is 2.35. The van der Waals surface area contributed by atoms with Gasteiger partial charge in [-0.25, -0.2) is 0 Å². The molecule has 0 unspecified atom stereocenters. The maximum absolute atomic E-state index is 9.70. The summed E-state index contributed by atoms with van der Waals surface area (Å²) in [4.78, 5) is 2.01. The van der Waals surface area contributed by atoms with Crippen molar-refractivity contribution in [2.45, 2.75) is 6.04 Å². The summed E-state index contributed by atoms with van der Waals surface area (Å²) in [6.07, 6.45) is 1.83. The van der Waals surface area contributed by atoms with Gasteiger partial charge in [0.05, 0.1) is 6.04 Å². The molecule has 2 heteroatoms. The highest BCUT2D eigenvalue weighted by Gasteiger charge is 2.25. The average molecular weight is 175 g/mol. The van der Waals surface area contributed by atoms with Crippen LogP contribution in [0, 0.1) is 0 Å². The highest BCUT2D eigenvalue weighted by molar-refractivity contribution is 5.64. The number of nitrogens with zero attached hydrogens (tertiary/aromatic N) is 1. The van der Waals surface area contributed by atoms with E-state index in [0.717, 1.165) is 5.56 Å². The van der Waals surface area contributed by atoms with Crippen LogP contribution >= 0.6 is 0 Å². The number of hydrogen-bond donors (Lipinski definition) is 1. The van der Waals surface area contributed by atoms with Gasteiger partial charge >= 0.3 is 0 Å². The lowest BCUT2D eigenvalue weighted by Crippen LogP contribution is -2.19. The van der Waals surface area contributed by atoms with Gasteiger partial charge in [-0.2, -0.15) is 0 Å². The van der Waals surface area contributed by atoms with Crippen molar-refractivity contribution in [3.63, 3.8) is 0 Å². The molecule has 0 amide bonds. The van der Waals surface area contributed by atoms with Gasteiger partial charge in [0.2, 0.25) is 0 Å². The van der Waals surface area contributed by atoms with E-state index in [1.165, 1.54) is 5.56 Å². The van der Waals surface area contributed by atoms with E-state index < -0.39 is 0 Å². The summed E-state index contributed by atoms with van der Waals surface area (Å²) in [6.45, 7) is 0. The maximum atomic E-state index is 9.70. The molecule has 2 nitrogen and oxygen atoms in total. The van der Waals surface area contributed by atoms with Crippen LogP contribution < -0.4 is 0 Å². The van der Waals surface area contributed by atoms with Gasteiger partial charge in [-0.3, -0.25) is 4.90 Å². The Morgan fingerprint density at radius 3 is 2.62 bits per heavy atom. The molecular weight excluding hydrogens is 162 g/mol. The molecule has 1 aliphatic rings. The van der Waals surface area contributed by atoms with Gasteiger partial charge in [-0.1, -0.05) is 24.3 Å². The Balaban J connectivity index is 2.49. The minimum absolute atomic E-state index is 0.0381. The van der Waals surface area contributed by atoms with E-state index >= 15 is 0 Å². The molecule has 0 aliphatic heterocycles. The van der Waals surface area contributed by atoms with Gasteiger partial charge in [0.1, 0.15) is 5.76 Å². The van der Waals surface area contributed by atoms with Gasteiger partial charge in [-0.05, 0) is 31.3 Å². The fraction of sp³-hybridized carbons (Fsp3) is 0.273. The van der Waals surface area contributed by atoms with Crippen LogP contribution in [0.15, 0.2) is 30.0 Å². The quantitative estimate of drug-likeness (QED) is 0.707. The first-order valence-corrected chi connectivity index (χ1v) is 4.36. The molecule has 1 atom stereocenters. The van der Waals surface area contributed by atoms with Crippen LogP contribution in [0.25, 0.3) is 6.08 Å². The molecule has 68 valence electrons. The zero-order valence-electron chi connectivity index (χ0n) is 7.86. The smallest absolute Gasteiger partial charge is 0.115 e. The predicted molar refractivity (Wildman–Crippen MR) is 53.5 cm³/mol. The second-order valence-corrected chi connectivity index (χ2v) is 3.56. The molecule has 0 radical (unpaired) electrons. The van der Waals surface area contributed by atoms with Crippen LogP contribution in [0.2, 0.25) is 0 Å². The van der Waals surface area contributed by atoms with Crippen molar-refractivity contribution >= 4 is 6.08 Å². The van der Waals surface area contributed by atoms with Crippen molar-refractivity contribution in [1.82, 2.24) is 4.90 Å². The molecule has 1 N–H and O–H groups in total. The molecule has 0 aromatic heterocycles. The second-order valence-electron chi connectivity index (χ2n) is 3.56. The Labute approximate surface area is 78.1 Å². The minimum atomic E-state index is 0.0381. The molecule has 0 fully saturated rings. The first-order chi connectivity index (χ1) is 6.20. The summed E-state index contributed by atoms with van der Waals surface area (Å²) >= 11 is 0. The molecule has 1 aromatic carbocycles. The molecule has 13 heavy (non-hydrogen) atoms. The number of likely N-dealkylation sites (N-methyl/N-ethyl adjacent to an activating group) is 1. The Morgan fingerprint density at radius 2 is 1.92 bits per heavy atom. The number of rotatable bonds is 1. The third kappa shape index (κ3) is 1.23. The second kappa shape index (κ2) is 2.89. The van der Waals surface area contributed by atoms with Crippen molar-refractivity contribution in [1.29, 1.82) is 0 Å². The van der Waals surface area contributed by atoms with E-state index in [1.807, 2.05) is 43.3 Å². The van der Waals surface area contributed by atoms with Crippen molar-refractivity contribution in [2.75, 3.05) is 14.1 Å². The van der Waals surface area contributed by atoms with E-state index in [-0.39, 0.29) is 6.04 Å². The Kier molecular flexibility index (Phi) is 1.85. The molecule has 1 aromatic rings. The first kappa shape index (κ1) is 8.32. The Bertz CT molecular complexity index is 355. The van der Waals surface area contributed by atoms with Gasteiger partial charge < -0.3 is 5.11 Å². The van der Waals surface area contributed by atoms with Crippen molar-refractivity contribution in [3.8, 4) is 0 Å². The third-order valence-corrected chi connectivity index (χ3v) is 2.39. The van der Waals surface area contributed by atoms with Gasteiger partial charge in [0, 0.05) is 0 Å². The van der Waals surface area contributed by atoms with Crippen molar-refractivity contribution < 1.29 is 5.11 Å². The summed E-state index contributed by atoms with van der Waals surface area (Å²) < 4.78 is 0. The maximum Gasteiger partial charge on any atom is 0.115 e. The lowest BCUT2D eigenvalue weighted by atomic mass is 10.1. The zero-order chi connectivity index (χ0) is 9.42. The number of aliphatic hydroxyl groups is 1. The van der Waals surface area contributed by atoms with Gasteiger partial charge in [0.25, 0.3) is 0 Å². The third-order valence-electron chi connectivity index (χ3n) is 2.39. The molecule has 2 rings (SSSR count). The van der Waals surface area contributed by atoms with E-state index in [0.29, 0.717) is 5.76 Å². The van der Waals surface area contributed by atoms with E-state index in [2.05, 4.69) is 6.07 Å². The number of hydrogen-bond acceptors (Lipinski definition) is 2. The lowest BCUT2D eigenvalue weighted by Gasteiger charge is -2.20. The number of fused-ring (bicyclic) bond motifs is 1. The zero-order valence-corrected chi connectivity index (χ0v) is 7.86. The summed E-state index contributed by atoms with van der Waals surface area (Å²) in [6, 6.07) is 8.10. The lowest BCUT2D eigenvalue weighted by molar-refractivity contribution is 0.253. The molecule has 0 saturated heterocycles.